The number of rotatable bonds is 7. The zero-order chi connectivity index (χ0) is 16.1. The van der Waals surface area contributed by atoms with E-state index >= 15 is 0 Å². The zero-order valence-corrected chi connectivity index (χ0v) is 13.7. The summed E-state index contributed by atoms with van der Waals surface area (Å²) >= 11 is 1.25. The molecule has 3 N–H and O–H groups in total. The Kier molecular flexibility index (Phi) is 5.51. The fourth-order valence-electron chi connectivity index (χ4n) is 2.36. The van der Waals surface area contributed by atoms with Crippen LogP contribution in [0.2, 0.25) is 0 Å². The molecule has 1 aromatic heterocycles. The van der Waals surface area contributed by atoms with Crippen molar-refractivity contribution < 1.29 is 9.90 Å². The van der Waals surface area contributed by atoms with Gasteiger partial charge >= 0.3 is 5.97 Å². The number of aromatic nitrogens is 1. The summed E-state index contributed by atoms with van der Waals surface area (Å²) in [6.07, 6.45) is 0.699. The molecule has 118 valence electrons. The molecule has 0 bridgehead atoms. The minimum atomic E-state index is -0.965. The van der Waals surface area contributed by atoms with Crippen LogP contribution in [0, 0.1) is 6.92 Å². The molecule has 0 saturated carbocycles. The first kappa shape index (κ1) is 16.5. The van der Waals surface area contributed by atoms with E-state index in [-0.39, 0.29) is 5.01 Å². The number of hydrogen-bond donors (Lipinski definition) is 2. The van der Waals surface area contributed by atoms with Gasteiger partial charge in [0.15, 0.2) is 0 Å². The first-order chi connectivity index (χ1) is 10.5. The fourth-order valence-corrected chi connectivity index (χ4v) is 3.29. The number of likely N-dealkylation sites (N-methyl/N-ethyl adjacent to an activating group) is 1. The maximum absolute atomic E-state index is 11.0. The second-order valence-corrected chi connectivity index (χ2v) is 6.13. The SMILES string of the molecule is CCN(CCN)c1cccc(Cc2sc(C(=O)O)nc2C)c1. The highest BCUT2D eigenvalue weighted by Crippen LogP contribution is 2.24. The summed E-state index contributed by atoms with van der Waals surface area (Å²) in [6.45, 7) is 6.31. The lowest BCUT2D eigenvalue weighted by molar-refractivity contribution is 0.0696. The molecule has 0 fully saturated rings. The summed E-state index contributed by atoms with van der Waals surface area (Å²) in [5.74, 6) is -0.965. The van der Waals surface area contributed by atoms with Crippen LogP contribution in [0.3, 0.4) is 0 Å². The Morgan fingerprint density at radius 3 is 2.82 bits per heavy atom. The quantitative estimate of drug-likeness (QED) is 0.820. The number of carboxylic acid groups (broad SMARTS) is 1. The predicted octanol–water partition coefficient (Wildman–Crippen LogP) is 2.53. The van der Waals surface area contributed by atoms with Gasteiger partial charge in [-0.05, 0) is 31.5 Å². The Labute approximate surface area is 134 Å². The van der Waals surface area contributed by atoms with Crippen molar-refractivity contribution in [3.05, 3.63) is 45.4 Å². The van der Waals surface area contributed by atoms with Gasteiger partial charge in [-0.1, -0.05) is 12.1 Å². The van der Waals surface area contributed by atoms with Gasteiger partial charge in [0.05, 0.1) is 5.69 Å². The summed E-state index contributed by atoms with van der Waals surface area (Å²) in [5.41, 5.74) is 8.74. The molecular formula is C16H21N3O2S. The van der Waals surface area contributed by atoms with Gasteiger partial charge in [0, 0.05) is 36.6 Å². The molecule has 2 aromatic rings. The Bertz CT molecular complexity index is 655. The largest absolute Gasteiger partial charge is 0.476 e. The standard InChI is InChI=1S/C16H21N3O2S/c1-3-19(8-7-17)13-6-4-5-12(9-13)10-14-11(2)18-15(22-14)16(20)21/h4-6,9H,3,7-8,10,17H2,1-2H3,(H,20,21). The normalized spacial score (nSPS) is 10.7. The van der Waals surface area contributed by atoms with Crippen LogP contribution in [0.25, 0.3) is 0 Å². The highest BCUT2D eigenvalue weighted by molar-refractivity contribution is 7.13. The van der Waals surface area contributed by atoms with Crippen molar-refractivity contribution >= 4 is 23.0 Å². The van der Waals surface area contributed by atoms with Gasteiger partial charge in [0.2, 0.25) is 5.01 Å². The second kappa shape index (κ2) is 7.38. The summed E-state index contributed by atoms with van der Waals surface area (Å²) in [4.78, 5) is 18.3. The number of aromatic carboxylic acids is 1. The van der Waals surface area contributed by atoms with Crippen molar-refractivity contribution in [2.75, 3.05) is 24.5 Å². The predicted molar refractivity (Wildman–Crippen MR) is 90.0 cm³/mol. The Morgan fingerprint density at radius 1 is 1.45 bits per heavy atom. The van der Waals surface area contributed by atoms with E-state index in [1.165, 1.54) is 11.3 Å². The fraction of sp³-hybridized carbons (Fsp3) is 0.375. The van der Waals surface area contributed by atoms with Crippen molar-refractivity contribution in [3.63, 3.8) is 0 Å². The first-order valence-corrected chi connectivity index (χ1v) is 8.10. The Morgan fingerprint density at radius 2 is 2.23 bits per heavy atom. The lowest BCUT2D eigenvalue weighted by atomic mass is 10.1. The number of carboxylic acids is 1. The van der Waals surface area contributed by atoms with Crippen LogP contribution < -0.4 is 10.6 Å². The highest BCUT2D eigenvalue weighted by Gasteiger charge is 2.14. The minimum Gasteiger partial charge on any atom is -0.476 e. The van der Waals surface area contributed by atoms with E-state index in [2.05, 4.69) is 35.0 Å². The van der Waals surface area contributed by atoms with E-state index in [9.17, 15) is 4.79 Å². The van der Waals surface area contributed by atoms with Crippen molar-refractivity contribution in [1.29, 1.82) is 0 Å². The monoisotopic (exact) mass is 319 g/mol. The number of carbonyl (C=O) groups is 1. The lowest BCUT2D eigenvalue weighted by Gasteiger charge is -2.22. The molecule has 0 atom stereocenters. The molecule has 0 radical (unpaired) electrons. The smallest absolute Gasteiger partial charge is 0.365 e. The van der Waals surface area contributed by atoms with Crippen LogP contribution >= 0.6 is 11.3 Å². The third kappa shape index (κ3) is 3.84. The van der Waals surface area contributed by atoms with Crippen LogP contribution in [-0.2, 0) is 6.42 Å². The van der Waals surface area contributed by atoms with Crippen LogP contribution in [0.5, 0.6) is 0 Å². The molecule has 0 saturated heterocycles. The summed E-state index contributed by atoms with van der Waals surface area (Å²) in [5, 5.41) is 9.18. The highest BCUT2D eigenvalue weighted by atomic mass is 32.1. The molecule has 22 heavy (non-hydrogen) atoms. The zero-order valence-electron chi connectivity index (χ0n) is 12.9. The molecule has 0 aliphatic carbocycles. The number of anilines is 1. The Balaban J connectivity index is 2.21. The van der Waals surface area contributed by atoms with E-state index in [4.69, 9.17) is 10.8 Å². The number of thiazole rings is 1. The van der Waals surface area contributed by atoms with Gasteiger partial charge in [-0.15, -0.1) is 11.3 Å². The van der Waals surface area contributed by atoms with E-state index < -0.39 is 5.97 Å². The van der Waals surface area contributed by atoms with E-state index in [0.29, 0.717) is 13.0 Å². The first-order valence-electron chi connectivity index (χ1n) is 7.28. The number of nitrogens with two attached hydrogens (primary N) is 1. The number of hydrogen-bond acceptors (Lipinski definition) is 5. The average molecular weight is 319 g/mol. The minimum absolute atomic E-state index is 0.155. The maximum Gasteiger partial charge on any atom is 0.365 e. The molecule has 0 unspecified atom stereocenters. The van der Waals surface area contributed by atoms with E-state index in [1.54, 1.807) is 0 Å². The molecule has 2 rings (SSSR count). The molecule has 0 aliphatic heterocycles. The van der Waals surface area contributed by atoms with E-state index in [1.807, 2.05) is 13.0 Å². The average Bonchev–Trinajstić information content (AvgIpc) is 2.86. The number of aryl methyl sites for hydroxylation is 1. The van der Waals surface area contributed by atoms with Gasteiger partial charge in [-0.2, -0.15) is 0 Å². The second-order valence-electron chi connectivity index (χ2n) is 5.05. The molecule has 5 nitrogen and oxygen atoms in total. The molecule has 0 spiro atoms. The molecule has 1 aromatic carbocycles. The molecule has 0 amide bonds. The maximum atomic E-state index is 11.0. The van der Waals surface area contributed by atoms with Gasteiger partial charge in [-0.3, -0.25) is 0 Å². The third-order valence-electron chi connectivity index (χ3n) is 3.50. The molecule has 6 heteroatoms. The number of benzene rings is 1. The van der Waals surface area contributed by atoms with Crippen LogP contribution in [0.1, 0.15) is 32.9 Å². The Hall–Kier alpha value is -1.92. The third-order valence-corrected chi connectivity index (χ3v) is 4.64. The van der Waals surface area contributed by atoms with Gasteiger partial charge in [0.1, 0.15) is 0 Å². The van der Waals surface area contributed by atoms with Gasteiger partial charge in [0.25, 0.3) is 0 Å². The van der Waals surface area contributed by atoms with Crippen LogP contribution in [0.15, 0.2) is 24.3 Å². The summed E-state index contributed by atoms with van der Waals surface area (Å²) in [6, 6.07) is 8.29. The van der Waals surface area contributed by atoms with Crippen LogP contribution in [0.4, 0.5) is 5.69 Å². The van der Waals surface area contributed by atoms with E-state index in [0.717, 1.165) is 34.9 Å². The van der Waals surface area contributed by atoms with Crippen molar-refractivity contribution in [2.24, 2.45) is 5.73 Å². The summed E-state index contributed by atoms with van der Waals surface area (Å²) < 4.78 is 0. The van der Waals surface area contributed by atoms with Gasteiger partial charge in [-0.25, -0.2) is 9.78 Å². The van der Waals surface area contributed by atoms with Crippen molar-refractivity contribution in [3.8, 4) is 0 Å². The summed E-state index contributed by atoms with van der Waals surface area (Å²) in [7, 11) is 0. The van der Waals surface area contributed by atoms with Crippen molar-refractivity contribution in [1.82, 2.24) is 4.98 Å². The topological polar surface area (TPSA) is 79.5 Å². The lowest BCUT2D eigenvalue weighted by Crippen LogP contribution is -2.29. The van der Waals surface area contributed by atoms with Crippen LogP contribution in [-0.4, -0.2) is 35.7 Å². The van der Waals surface area contributed by atoms with Crippen molar-refractivity contribution in [2.45, 2.75) is 20.3 Å². The molecule has 1 heterocycles. The molecule has 0 aliphatic rings. The van der Waals surface area contributed by atoms with Gasteiger partial charge < -0.3 is 15.7 Å². The molecular weight excluding hydrogens is 298 g/mol. The number of nitrogens with zero attached hydrogens (tertiary/aromatic N) is 2.